The number of likely N-dealkylation sites (tertiary alicyclic amines) is 1. The van der Waals surface area contributed by atoms with E-state index >= 15 is 0 Å². The van der Waals surface area contributed by atoms with Crippen molar-refractivity contribution in [3.63, 3.8) is 0 Å². The van der Waals surface area contributed by atoms with E-state index < -0.39 is 29.8 Å². The Morgan fingerprint density at radius 3 is 2.50 bits per heavy atom. The lowest BCUT2D eigenvalue weighted by atomic mass is 9.80. The molecule has 1 spiro atoms. The van der Waals surface area contributed by atoms with Gasteiger partial charge in [0.15, 0.2) is 0 Å². The number of ether oxygens (including phenoxy) is 1. The van der Waals surface area contributed by atoms with Gasteiger partial charge in [-0.15, -0.1) is 0 Å². The first-order chi connectivity index (χ1) is 21.1. The summed E-state index contributed by atoms with van der Waals surface area (Å²) in [6, 6.07) is 15.0. The molecular weight excluding hydrogens is 558 g/mol. The molecule has 4 atom stereocenters. The van der Waals surface area contributed by atoms with Crippen molar-refractivity contribution in [2.75, 3.05) is 18.9 Å². The predicted molar refractivity (Wildman–Crippen MR) is 165 cm³/mol. The normalized spacial score (nSPS) is 22.0. The van der Waals surface area contributed by atoms with Gasteiger partial charge >= 0.3 is 12.3 Å². The molecule has 0 unspecified atom stereocenters. The molecule has 1 aliphatic carbocycles. The standard InChI is InChI=1S/C34H41N5O5/c1-22(2)17-28(31(41)39-21-34(19-29(39)35-3)25-15-8-9-16-26(25)36-32(34)42)38(4)30(40)27(18-23-13-10-14-23)37-33(43)44-20-24-11-6-5-7-12-24/h5-9,11-12,15-16,22-23,27-29H,10,13-14,17-21H2,1-2,4H3,(H,36,42)(H,37,43)/t27-,28-,29-,34-/m0/s1. The average molecular weight is 600 g/mol. The second-order valence-corrected chi connectivity index (χ2v) is 12.7. The van der Waals surface area contributed by atoms with Crippen molar-refractivity contribution in [3.8, 4) is 0 Å². The van der Waals surface area contributed by atoms with Gasteiger partial charge in [0.05, 0.1) is 6.42 Å². The SMILES string of the molecule is [C-]#[N+][C@@H]1C[C@@]2(CN1C(=O)[C@H](CC(C)C)N(C)C(=O)[C@H](CC1CCC1)NC(=O)OCc1ccccc1)C(=O)Nc1ccccc12. The third-order valence-electron chi connectivity index (χ3n) is 9.28. The molecule has 3 aliphatic rings. The van der Waals surface area contributed by atoms with Crippen molar-refractivity contribution < 1.29 is 23.9 Å². The molecule has 2 aromatic rings. The largest absolute Gasteiger partial charge is 0.445 e. The van der Waals surface area contributed by atoms with Crippen LogP contribution >= 0.6 is 0 Å². The Kier molecular flexibility index (Phi) is 9.23. The van der Waals surface area contributed by atoms with E-state index in [-0.39, 0.29) is 43.2 Å². The zero-order valence-corrected chi connectivity index (χ0v) is 25.6. The average Bonchev–Trinajstić information content (AvgIpc) is 3.53. The van der Waals surface area contributed by atoms with E-state index in [9.17, 15) is 19.2 Å². The van der Waals surface area contributed by atoms with E-state index in [4.69, 9.17) is 11.3 Å². The fraction of sp³-hybridized carbons (Fsp3) is 0.500. The lowest BCUT2D eigenvalue weighted by Gasteiger charge is -2.36. The van der Waals surface area contributed by atoms with E-state index in [2.05, 4.69) is 15.5 Å². The summed E-state index contributed by atoms with van der Waals surface area (Å²) in [5.74, 6) is -0.585. The summed E-state index contributed by atoms with van der Waals surface area (Å²) in [6.07, 6.45) is 2.54. The van der Waals surface area contributed by atoms with Crippen LogP contribution in [0, 0.1) is 18.4 Å². The Morgan fingerprint density at radius 1 is 1.14 bits per heavy atom. The highest BCUT2D eigenvalue weighted by Gasteiger charge is 2.59. The highest BCUT2D eigenvalue weighted by atomic mass is 16.5. The fourth-order valence-corrected chi connectivity index (χ4v) is 6.61. The molecule has 44 heavy (non-hydrogen) atoms. The second-order valence-electron chi connectivity index (χ2n) is 12.7. The molecule has 2 N–H and O–H groups in total. The van der Waals surface area contributed by atoms with Gasteiger partial charge in [0.2, 0.25) is 11.8 Å². The summed E-state index contributed by atoms with van der Waals surface area (Å²) in [5.41, 5.74) is 1.31. The summed E-state index contributed by atoms with van der Waals surface area (Å²) in [5, 5.41) is 5.70. The van der Waals surface area contributed by atoms with Gasteiger partial charge in [-0.3, -0.25) is 24.1 Å². The Labute approximate surface area is 258 Å². The van der Waals surface area contributed by atoms with Crippen LogP contribution in [0.25, 0.3) is 4.85 Å². The van der Waals surface area contributed by atoms with Gasteiger partial charge in [-0.05, 0) is 41.9 Å². The number of likely N-dealkylation sites (N-methyl/N-ethyl adjacent to an activating group) is 1. The molecule has 232 valence electrons. The maximum absolute atomic E-state index is 14.3. The number of para-hydroxylation sites is 1. The molecule has 2 aliphatic heterocycles. The molecule has 2 fully saturated rings. The first-order valence-corrected chi connectivity index (χ1v) is 15.4. The molecule has 10 heteroatoms. The number of carbonyl (C=O) groups excluding carboxylic acids is 4. The van der Waals surface area contributed by atoms with Crippen molar-refractivity contribution in [2.24, 2.45) is 11.8 Å². The fourth-order valence-electron chi connectivity index (χ4n) is 6.61. The summed E-state index contributed by atoms with van der Waals surface area (Å²) in [6.45, 7) is 12.0. The third kappa shape index (κ3) is 6.28. The van der Waals surface area contributed by atoms with Gasteiger partial charge in [0.25, 0.3) is 5.91 Å². The van der Waals surface area contributed by atoms with Crippen LogP contribution in [0.15, 0.2) is 54.6 Å². The summed E-state index contributed by atoms with van der Waals surface area (Å²) < 4.78 is 5.43. The minimum absolute atomic E-state index is 0.0616. The number of hydrogen-bond donors (Lipinski definition) is 2. The summed E-state index contributed by atoms with van der Waals surface area (Å²) in [4.78, 5) is 61.1. The number of nitrogens with zero attached hydrogens (tertiary/aromatic N) is 3. The summed E-state index contributed by atoms with van der Waals surface area (Å²) in [7, 11) is 1.59. The smallest absolute Gasteiger partial charge is 0.408 e. The Morgan fingerprint density at radius 2 is 1.84 bits per heavy atom. The number of fused-ring (bicyclic) bond motifs is 2. The maximum atomic E-state index is 14.3. The molecule has 0 bridgehead atoms. The zero-order chi connectivity index (χ0) is 31.4. The van der Waals surface area contributed by atoms with Crippen LogP contribution in [0.5, 0.6) is 0 Å². The molecule has 1 saturated heterocycles. The van der Waals surface area contributed by atoms with Crippen LogP contribution in [0.1, 0.15) is 63.5 Å². The van der Waals surface area contributed by atoms with Gasteiger partial charge < -0.3 is 20.3 Å². The monoisotopic (exact) mass is 599 g/mol. The molecule has 10 nitrogen and oxygen atoms in total. The maximum Gasteiger partial charge on any atom is 0.408 e. The molecular formula is C34H41N5O5. The molecule has 4 amide bonds. The van der Waals surface area contributed by atoms with Crippen molar-refractivity contribution in [2.45, 2.75) is 82.6 Å². The molecule has 5 rings (SSSR count). The van der Waals surface area contributed by atoms with E-state index in [1.54, 1.807) is 7.05 Å². The number of nitrogens with one attached hydrogen (secondary N) is 2. The Hall–Kier alpha value is -4.39. The van der Waals surface area contributed by atoms with Gasteiger partial charge in [0, 0.05) is 19.3 Å². The van der Waals surface area contributed by atoms with Crippen molar-refractivity contribution in [1.82, 2.24) is 15.1 Å². The summed E-state index contributed by atoms with van der Waals surface area (Å²) >= 11 is 0. The van der Waals surface area contributed by atoms with Crippen LogP contribution in [-0.2, 0) is 31.1 Å². The van der Waals surface area contributed by atoms with Crippen LogP contribution < -0.4 is 10.6 Å². The topological polar surface area (TPSA) is 112 Å². The number of benzene rings is 2. The van der Waals surface area contributed by atoms with Crippen LogP contribution in [0.4, 0.5) is 10.5 Å². The van der Waals surface area contributed by atoms with Gasteiger partial charge in [0.1, 0.15) is 24.1 Å². The molecule has 0 radical (unpaired) electrons. The molecule has 0 aromatic heterocycles. The Bertz CT molecular complexity index is 1440. The van der Waals surface area contributed by atoms with Crippen molar-refractivity contribution >= 4 is 29.5 Å². The Balaban J connectivity index is 1.34. The lowest BCUT2D eigenvalue weighted by molar-refractivity contribution is -0.146. The number of amides is 4. The van der Waals surface area contributed by atoms with Crippen LogP contribution in [0.2, 0.25) is 0 Å². The van der Waals surface area contributed by atoms with Crippen LogP contribution in [0.3, 0.4) is 0 Å². The van der Waals surface area contributed by atoms with E-state index in [0.29, 0.717) is 24.4 Å². The van der Waals surface area contributed by atoms with Crippen molar-refractivity contribution in [1.29, 1.82) is 0 Å². The number of anilines is 1. The zero-order valence-electron chi connectivity index (χ0n) is 25.6. The number of rotatable bonds is 10. The van der Waals surface area contributed by atoms with Gasteiger partial charge in [-0.1, -0.05) is 81.6 Å². The van der Waals surface area contributed by atoms with E-state index in [0.717, 1.165) is 30.4 Å². The third-order valence-corrected chi connectivity index (χ3v) is 9.28. The van der Waals surface area contributed by atoms with E-state index in [1.165, 1.54) is 9.80 Å². The van der Waals surface area contributed by atoms with E-state index in [1.807, 2.05) is 68.4 Å². The second kappa shape index (κ2) is 13.1. The molecule has 2 aromatic carbocycles. The number of carbonyl (C=O) groups is 4. The molecule has 2 heterocycles. The minimum atomic E-state index is -1.01. The quantitative estimate of drug-likeness (QED) is 0.384. The van der Waals surface area contributed by atoms with Gasteiger partial charge in [-0.2, -0.15) is 0 Å². The predicted octanol–water partition coefficient (Wildman–Crippen LogP) is 4.71. The first kappa shape index (κ1) is 31.0. The number of hydrogen-bond acceptors (Lipinski definition) is 5. The van der Waals surface area contributed by atoms with Crippen molar-refractivity contribution in [3.05, 3.63) is 77.1 Å². The number of alkyl carbamates (subject to hydrolysis) is 1. The lowest BCUT2D eigenvalue weighted by Crippen LogP contribution is -2.56. The first-order valence-electron chi connectivity index (χ1n) is 15.4. The van der Waals surface area contributed by atoms with Gasteiger partial charge in [-0.25, -0.2) is 11.4 Å². The highest BCUT2D eigenvalue weighted by molar-refractivity contribution is 6.07. The minimum Gasteiger partial charge on any atom is -0.445 e. The van der Waals surface area contributed by atoms with Crippen LogP contribution in [-0.4, -0.2) is 65.5 Å². The highest BCUT2D eigenvalue weighted by Crippen LogP contribution is 2.47. The molecule has 1 saturated carbocycles.